The van der Waals surface area contributed by atoms with E-state index in [2.05, 4.69) is 11.9 Å². The van der Waals surface area contributed by atoms with Gasteiger partial charge >= 0.3 is 6.09 Å². The van der Waals surface area contributed by atoms with Crippen molar-refractivity contribution in [1.29, 1.82) is 0 Å². The summed E-state index contributed by atoms with van der Waals surface area (Å²) in [6.07, 6.45) is 0.980. The van der Waals surface area contributed by atoms with Crippen LogP contribution in [0, 0.1) is 0 Å². The lowest BCUT2D eigenvalue weighted by molar-refractivity contribution is -0.114. The van der Waals surface area contributed by atoms with Gasteiger partial charge < -0.3 is 10.1 Å². The Kier molecular flexibility index (Phi) is 4.91. The number of carbonyl (C=O) groups is 2. The Bertz CT molecular complexity index is 228. The smallest absolute Gasteiger partial charge is 0.407 e. The molecule has 0 saturated carbocycles. The van der Waals surface area contributed by atoms with Crippen molar-refractivity contribution in [2.75, 3.05) is 6.54 Å². The van der Waals surface area contributed by atoms with Crippen molar-refractivity contribution in [1.82, 2.24) is 5.32 Å². The molecule has 1 N–H and O–H groups in total. The fourth-order valence-electron chi connectivity index (χ4n) is 0.704. The highest BCUT2D eigenvalue weighted by Gasteiger charge is 2.15. The average Bonchev–Trinajstić information content (AvgIpc) is 2.00. The third-order valence-electron chi connectivity index (χ3n) is 1.27. The predicted molar refractivity (Wildman–Crippen MR) is 54.1 cm³/mol. The standard InChI is InChI=1S/C10H17NO3/c1-5-8(12)6-7-11-9(13)14-10(2,3)4/h5H,1,6-7H2,2-4H3,(H,11,13). The summed E-state index contributed by atoms with van der Waals surface area (Å²) in [5, 5.41) is 2.47. The van der Waals surface area contributed by atoms with Gasteiger partial charge in [-0.25, -0.2) is 4.79 Å². The Labute approximate surface area is 84.3 Å². The molecule has 0 radical (unpaired) electrons. The van der Waals surface area contributed by atoms with Gasteiger partial charge in [0.15, 0.2) is 5.78 Å². The van der Waals surface area contributed by atoms with Gasteiger partial charge in [0.1, 0.15) is 5.60 Å². The number of nitrogens with one attached hydrogen (secondary N) is 1. The van der Waals surface area contributed by atoms with E-state index < -0.39 is 11.7 Å². The third kappa shape index (κ3) is 7.34. The Morgan fingerprint density at radius 3 is 2.43 bits per heavy atom. The van der Waals surface area contributed by atoms with Gasteiger partial charge in [-0.05, 0) is 26.8 Å². The molecule has 0 aliphatic carbocycles. The summed E-state index contributed by atoms with van der Waals surface area (Å²) >= 11 is 0. The lowest BCUT2D eigenvalue weighted by atomic mass is 10.2. The molecule has 0 heterocycles. The molecule has 4 heteroatoms. The molecule has 0 bridgehead atoms. The number of rotatable bonds is 4. The molecule has 14 heavy (non-hydrogen) atoms. The monoisotopic (exact) mass is 199 g/mol. The van der Waals surface area contributed by atoms with Crippen LogP contribution < -0.4 is 5.32 Å². The maximum absolute atomic E-state index is 11.1. The molecule has 0 aromatic carbocycles. The summed E-state index contributed by atoms with van der Waals surface area (Å²) in [7, 11) is 0. The fraction of sp³-hybridized carbons (Fsp3) is 0.600. The molecule has 0 aromatic heterocycles. The van der Waals surface area contributed by atoms with Crippen molar-refractivity contribution in [3.05, 3.63) is 12.7 Å². The normalized spacial score (nSPS) is 10.5. The number of alkyl carbamates (subject to hydrolysis) is 1. The van der Waals surface area contributed by atoms with E-state index in [4.69, 9.17) is 4.74 Å². The van der Waals surface area contributed by atoms with Crippen molar-refractivity contribution in [2.24, 2.45) is 0 Å². The molecule has 0 aliphatic heterocycles. The highest BCUT2D eigenvalue weighted by atomic mass is 16.6. The molecule has 0 aliphatic rings. The quantitative estimate of drug-likeness (QED) is 0.700. The van der Waals surface area contributed by atoms with E-state index in [1.807, 2.05) is 0 Å². The van der Waals surface area contributed by atoms with Crippen molar-refractivity contribution in [3.8, 4) is 0 Å². The first-order valence-corrected chi connectivity index (χ1v) is 4.47. The van der Waals surface area contributed by atoms with E-state index in [1.54, 1.807) is 20.8 Å². The van der Waals surface area contributed by atoms with Crippen molar-refractivity contribution in [3.63, 3.8) is 0 Å². The zero-order valence-corrected chi connectivity index (χ0v) is 8.92. The van der Waals surface area contributed by atoms with E-state index >= 15 is 0 Å². The van der Waals surface area contributed by atoms with Gasteiger partial charge in [-0.15, -0.1) is 0 Å². The van der Waals surface area contributed by atoms with E-state index in [-0.39, 0.29) is 18.7 Å². The molecule has 80 valence electrons. The Morgan fingerprint density at radius 2 is 2.00 bits per heavy atom. The number of amides is 1. The molecular formula is C10H17NO3. The molecule has 0 aromatic rings. The number of allylic oxidation sites excluding steroid dienone is 1. The number of ketones is 1. The summed E-state index contributed by atoms with van der Waals surface area (Å²) in [4.78, 5) is 21.8. The molecule has 0 unspecified atom stereocenters. The van der Waals surface area contributed by atoms with Crippen LogP contribution in [-0.4, -0.2) is 24.0 Å². The van der Waals surface area contributed by atoms with Gasteiger partial charge in [-0.3, -0.25) is 4.79 Å². The summed E-state index contributed by atoms with van der Waals surface area (Å²) < 4.78 is 4.97. The number of ether oxygens (including phenoxy) is 1. The average molecular weight is 199 g/mol. The van der Waals surface area contributed by atoms with Gasteiger partial charge in [-0.1, -0.05) is 6.58 Å². The fourth-order valence-corrected chi connectivity index (χ4v) is 0.704. The molecule has 4 nitrogen and oxygen atoms in total. The van der Waals surface area contributed by atoms with E-state index in [0.717, 1.165) is 0 Å². The van der Waals surface area contributed by atoms with Crippen molar-refractivity contribution < 1.29 is 14.3 Å². The van der Waals surface area contributed by atoms with Crippen LogP contribution in [0.4, 0.5) is 4.79 Å². The van der Waals surface area contributed by atoms with Gasteiger partial charge in [0.25, 0.3) is 0 Å². The largest absolute Gasteiger partial charge is 0.444 e. The first-order chi connectivity index (χ1) is 6.35. The van der Waals surface area contributed by atoms with E-state index in [1.165, 1.54) is 6.08 Å². The van der Waals surface area contributed by atoms with Crippen LogP contribution in [0.3, 0.4) is 0 Å². The molecule has 0 spiro atoms. The number of hydrogen-bond donors (Lipinski definition) is 1. The Balaban J connectivity index is 3.65. The first-order valence-electron chi connectivity index (χ1n) is 4.47. The van der Waals surface area contributed by atoms with Crippen LogP contribution >= 0.6 is 0 Å². The van der Waals surface area contributed by atoms with Crippen LogP contribution in [0.1, 0.15) is 27.2 Å². The van der Waals surface area contributed by atoms with Crippen molar-refractivity contribution >= 4 is 11.9 Å². The second-order valence-electron chi connectivity index (χ2n) is 3.85. The molecule has 0 atom stereocenters. The predicted octanol–water partition coefficient (Wildman–Crippen LogP) is 1.66. The first kappa shape index (κ1) is 12.7. The van der Waals surface area contributed by atoms with Gasteiger partial charge in [-0.2, -0.15) is 0 Å². The SMILES string of the molecule is C=CC(=O)CCNC(=O)OC(C)(C)C. The number of carbonyl (C=O) groups excluding carboxylic acids is 2. The zero-order valence-electron chi connectivity index (χ0n) is 8.92. The van der Waals surface area contributed by atoms with Crippen LogP contribution in [0.5, 0.6) is 0 Å². The molecule has 0 rings (SSSR count). The molecule has 0 saturated heterocycles. The van der Waals surface area contributed by atoms with Crippen LogP contribution in [0.2, 0.25) is 0 Å². The molecular weight excluding hydrogens is 182 g/mol. The van der Waals surface area contributed by atoms with Gasteiger partial charge in [0, 0.05) is 13.0 Å². The van der Waals surface area contributed by atoms with Crippen molar-refractivity contribution in [2.45, 2.75) is 32.8 Å². The highest BCUT2D eigenvalue weighted by Crippen LogP contribution is 2.06. The minimum absolute atomic E-state index is 0.0962. The molecule has 1 amide bonds. The Hall–Kier alpha value is -1.32. The Morgan fingerprint density at radius 1 is 1.43 bits per heavy atom. The summed E-state index contributed by atoms with van der Waals surface area (Å²) in [6, 6.07) is 0. The summed E-state index contributed by atoms with van der Waals surface area (Å²) in [5.74, 6) is -0.0962. The van der Waals surface area contributed by atoms with Gasteiger partial charge in [0.2, 0.25) is 0 Å². The van der Waals surface area contributed by atoms with E-state index in [9.17, 15) is 9.59 Å². The summed E-state index contributed by atoms with van der Waals surface area (Å²) in [5.41, 5.74) is -0.507. The third-order valence-corrected chi connectivity index (χ3v) is 1.27. The lowest BCUT2D eigenvalue weighted by Gasteiger charge is -2.19. The maximum Gasteiger partial charge on any atom is 0.407 e. The lowest BCUT2D eigenvalue weighted by Crippen LogP contribution is -2.33. The highest BCUT2D eigenvalue weighted by molar-refractivity contribution is 5.89. The number of hydrogen-bond acceptors (Lipinski definition) is 3. The van der Waals surface area contributed by atoms with Crippen LogP contribution in [0.15, 0.2) is 12.7 Å². The van der Waals surface area contributed by atoms with Gasteiger partial charge in [0.05, 0.1) is 0 Å². The second-order valence-corrected chi connectivity index (χ2v) is 3.85. The van der Waals surface area contributed by atoms with Crippen LogP contribution in [-0.2, 0) is 9.53 Å². The summed E-state index contributed by atoms with van der Waals surface area (Å²) in [6.45, 7) is 8.94. The zero-order chi connectivity index (χ0) is 11.2. The van der Waals surface area contributed by atoms with E-state index in [0.29, 0.717) is 0 Å². The van der Waals surface area contributed by atoms with Crippen LogP contribution in [0.25, 0.3) is 0 Å². The molecule has 0 fully saturated rings. The topological polar surface area (TPSA) is 55.4 Å². The minimum Gasteiger partial charge on any atom is -0.444 e. The second kappa shape index (κ2) is 5.42. The maximum atomic E-state index is 11.1. The minimum atomic E-state index is -0.507.